The van der Waals surface area contributed by atoms with Crippen LogP contribution < -0.4 is 0 Å². The van der Waals surface area contributed by atoms with E-state index in [-0.39, 0.29) is 31.2 Å². The van der Waals surface area contributed by atoms with E-state index in [1.807, 2.05) is 60.7 Å². The van der Waals surface area contributed by atoms with E-state index in [0.29, 0.717) is 0 Å². The summed E-state index contributed by atoms with van der Waals surface area (Å²) in [5.41, 5.74) is 5.17. The second-order valence-electron chi connectivity index (χ2n) is 7.12. The van der Waals surface area contributed by atoms with Crippen LogP contribution in [0, 0.1) is 19.0 Å². The first-order valence-electron chi connectivity index (χ1n) is 14.3. The van der Waals surface area contributed by atoms with Gasteiger partial charge in [-0.05, 0) is 52.9 Å². The van der Waals surface area contributed by atoms with Crippen LogP contribution in [0.4, 0.5) is 0 Å². The average molecular weight is 627 g/mol. The molecule has 171 valence electrons. The second-order valence-corrected chi connectivity index (χ2v) is 7.12. The maximum atomic E-state index is 7.94. The Morgan fingerprint density at radius 1 is 0.765 bits per heavy atom. The minimum atomic E-state index is -2.73. The average Bonchev–Trinajstić information content (AvgIpc) is 2.98. The van der Waals surface area contributed by atoms with Crippen LogP contribution in [0.5, 0.6) is 0 Å². The van der Waals surface area contributed by atoms with Crippen molar-refractivity contribution in [2.45, 2.75) is 20.1 Å². The Labute approximate surface area is 227 Å². The largest absolute Gasteiger partial charge is 0.305 e. The van der Waals surface area contributed by atoms with Crippen molar-refractivity contribution in [1.29, 1.82) is 0 Å². The molecule has 0 fully saturated rings. The molecule has 0 aliphatic heterocycles. The van der Waals surface area contributed by atoms with Gasteiger partial charge in [-0.25, -0.2) is 0 Å². The summed E-state index contributed by atoms with van der Waals surface area (Å²) in [5.74, 6) is 0. The van der Waals surface area contributed by atoms with Crippen molar-refractivity contribution in [3.05, 3.63) is 133 Å². The molecule has 2 heterocycles. The van der Waals surface area contributed by atoms with Crippen molar-refractivity contribution in [1.82, 2.24) is 9.97 Å². The molecule has 5 aromatic rings. The van der Waals surface area contributed by atoms with Gasteiger partial charge in [-0.2, -0.15) is 0 Å². The Morgan fingerprint density at radius 3 is 2.18 bits per heavy atom. The molecule has 0 bridgehead atoms. The van der Waals surface area contributed by atoms with E-state index in [0.717, 1.165) is 33.6 Å². The molecule has 0 spiro atoms. The Morgan fingerprint density at radius 2 is 1.53 bits per heavy atom. The van der Waals surface area contributed by atoms with Gasteiger partial charge in [-0.1, -0.05) is 49.3 Å². The minimum absolute atomic E-state index is 0. The summed E-state index contributed by atoms with van der Waals surface area (Å²) in [6.45, 7) is -4.82. The Balaban J connectivity index is 0.000000247. The van der Waals surface area contributed by atoms with Crippen molar-refractivity contribution in [3.8, 4) is 33.6 Å². The van der Waals surface area contributed by atoms with Crippen LogP contribution in [0.2, 0.25) is 0 Å². The van der Waals surface area contributed by atoms with E-state index in [9.17, 15) is 0 Å². The van der Waals surface area contributed by atoms with E-state index in [1.54, 1.807) is 36.5 Å². The Kier molecular flexibility index (Phi) is 6.10. The zero-order chi connectivity index (χ0) is 29.7. The molecule has 0 amide bonds. The van der Waals surface area contributed by atoms with Crippen molar-refractivity contribution < 1.29 is 31.1 Å². The molecule has 0 atom stereocenters. The van der Waals surface area contributed by atoms with Crippen LogP contribution in [0.15, 0.2) is 109 Å². The maximum absolute atomic E-state index is 7.94. The summed E-state index contributed by atoms with van der Waals surface area (Å²) in [7, 11) is 0. The minimum Gasteiger partial charge on any atom is -0.305 e. The first-order valence-corrected chi connectivity index (χ1v) is 10.3. The predicted molar refractivity (Wildman–Crippen MR) is 137 cm³/mol. The van der Waals surface area contributed by atoms with Crippen molar-refractivity contribution in [3.63, 3.8) is 0 Å². The summed E-state index contributed by atoms with van der Waals surface area (Å²) < 4.78 is 59.9. The molecule has 0 saturated heterocycles. The topological polar surface area (TPSA) is 25.8 Å². The molecule has 2 aromatic heterocycles. The van der Waals surface area contributed by atoms with Gasteiger partial charge < -0.3 is 9.97 Å². The summed E-state index contributed by atoms with van der Waals surface area (Å²) >= 11 is 0. The van der Waals surface area contributed by atoms with Crippen molar-refractivity contribution in [2.75, 3.05) is 0 Å². The third-order valence-corrected chi connectivity index (χ3v) is 4.83. The van der Waals surface area contributed by atoms with Gasteiger partial charge in [0.25, 0.3) is 0 Å². The van der Waals surface area contributed by atoms with Crippen LogP contribution in [0.25, 0.3) is 33.6 Å². The van der Waals surface area contributed by atoms with Gasteiger partial charge in [0.05, 0.1) is 0 Å². The number of rotatable bonds is 4. The third kappa shape index (κ3) is 6.81. The van der Waals surface area contributed by atoms with Crippen LogP contribution in [-0.4, -0.2) is 9.97 Å². The standard InChI is InChI=1S/C19H16N.C12H10N.Ir/c1-2-15-7-6-10-17(13-15)18-11-12-20-19(14-18)16-8-4-3-5-9-16;1-10-7-8-12(13-9-10)11-5-3-2-4-6-11;/h3-8,10-14H,2H2,1H3;2-5,7-9H,1H3;/q2*-1;/i1D3,2D2;1D3;. The number of benzene rings is 3. The smallest absolute Gasteiger partial charge is 0.0313 e. The molecule has 3 heteroatoms. The molecule has 2 nitrogen and oxygen atoms in total. The summed E-state index contributed by atoms with van der Waals surface area (Å²) in [6.07, 6.45) is 0.659. The number of nitrogens with zero attached hydrogens (tertiary/aromatic N) is 2. The van der Waals surface area contributed by atoms with Gasteiger partial charge >= 0.3 is 0 Å². The fourth-order valence-corrected chi connectivity index (χ4v) is 3.19. The quantitative estimate of drug-likeness (QED) is 0.192. The van der Waals surface area contributed by atoms with E-state index in [4.69, 9.17) is 11.0 Å². The normalized spacial score (nSPS) is 14.6. The first kappa shape index (κ1) is 16.3. The molecule has 0 aliphatic rings. The number of hydrogen-bond donors (Lipinski definition) is 0. The van der Waals surface area contributed by atoms with E-state index in [1.165, 1.54) is 12.3 Å². The monoisotopic (exact) mass is 627 g/mol. The SMILES string of the molecule is [2H]C([2H])([2H])C([2H])([2H])c1cccc(-c2ccnc(-c3[c-]cccc3)c2)c1.[2H]C([2H])([2H])c1ccc(-c2[c-]cccc2)nc1.[Ir]. The van der Waals surface area contributed by atoms with Gasteiger partial charge in [-0.3, -0.25) is 0 Å². The molecule has 0 aliphatic carbocycles. The maximum Gasteiger partial charge on any atom is 0.0313 e. The predicted octanol–water partition coefficient (Wildman–Crippen LogP) is 7.63. The van der Waals surface area contributed by atoms with Crippen LogP contribution in [-0.2, 0) is 26.5 Å². The van der Waals surface area contributed by atoms with Gasteiger partial charge in [0, 0.05) is 43.5 Å². The van der Waals surface area contributed by atoms with E-state index >= 15 is 0 Å². The van der Waals surface area contributed by atoms with Crippen molar-refractivity contribution in [2.24, 2.45) is 0 Å². The zero-order valence-corrected chi connectivity index (χ0v) is 20.5. The van der Waals surface area contributed by atoms with Crippen LogP contribution >= 0.6 is 0 Å². The van der Waals surface area contributed by atoms with Crippen LogP contribution in [0.1, 0.15) is 28.9 Å². The number of aromatic nitrogens is 2. The Bertz CT molecular complexity index is 1570. The fraction of sp³-hybridized carbons (Fsp3) is 0.0968. The summed E-state index contributed by atoms with van der Waals surface area (Å²) in [5, 5.41) is 0. The fourth-order valence-electron chi connectivity index (χ4n) is 3.19. The summed E-state index contributed by atoms with van der Waals surface area (Å²) in [4.78, 5) is 8.47. The summed E-state index contributed by atoms with van der Waals surface area (Å²) in [6, 6.07) is 34.7. The molecule has 0 N–H and O–H groups in total. The zero-order valence-electron chi connectivity index (χ0n) is 26.1. The van der Waals surface area contributed by atoms with Gasteiger partial charge in [-0.15, -0.1) is 71.8 Å². The second kappa shape index (κ2) is 12.7. The van der Waals surface area contributed by atoms with Crippen molar-refractivity contribution >= 4 is 0 Å². The molecule has 5 rings (SSSR count). The molecule has 0 saturated carbocycles. The van der Waals surface area contributed by atoms with E-state index < -0.39 is 20.1 Å². The number of pyridine rings is 2. The number of hydrogen-bond acceptors (Lipinski definition) is 2. The molecular formula is C31H26IrN2-2. The molecular weight excluding hydrogens is 593 g/mol. The first-order chi connectivity index (χ1) is 19.4. The molecule has 1 radical (unpaired) electrons. The third-order valence-electron chi connectivity index (χ3n) is 4.83. The van der Waals surface area contributed by atoms with Gasteiger partial charge in [0.1, 0.15) is 0 Å². The van der Waals surface area contributed by atoms with E-state index in [2.05, 4.69) is 22.1 Å². The molecule has 3 aromatic carbocycles. The van der Waals surface area contributed by atoms with Gasteiger partial charge in [0.2, 0.25) is 0 Å². The van der Waals surface area contributed by atoms with Gasteiger partial charge in [0.15, 0.2) is 0 Å². The molecule has 34 heavy (non-hydrogen) atoms. The van der Waals surface area contributed by atoms with Crippen LogP contribution in [0.3, 0.4) is 0 Å². The number of aryl methyl sites for hydroxylation is 2. The Hall–Kier alpha value is -3.39. The molecule has 0 unspecified atom stereocenters.